The number of nitrogen functional groups attached to an aromatic ring is 1. The molecule has 1 heterocycles. The second-order valence-electron chi connectivity index (χ2n) is 6.25. The van der Waals surface area contributed by atoms with Crippen molar-refractivity contribution in [2.24, 2.45) is 0 Å². The molecule has 3 aromatic rings. The molecule has 0 atom stereocenters. The van der Waals surface area contributed by atoms with Crippen LogP contribution in [0, 0.1) is 0 Å². The van der Waals surface area contributed by atoms with Gasteiger partial charge in [-0.2, -0.15) is 0 Å². The molecule has 0 spiro atoms. The summed E-state index contributed by atoms with van der Waals surface area (Å²) in [6.07, 6.45) is 3.39. The third-order valence-electron chi connectivity index (χ3n) is 4.71. The lowest BCUT2D eigenvalue weighted by molar-refractivity contribution is 0.354. The number of benzene rings is 2. The van der Waals surface area contributed by atoms with Crippen LogP contribution >= 0.6 is 0 Å². The average molecular weight is 349 g/mol. The summed E-state index contributed by atoms with van der Waals surface area (Å²) in [5.74, 6) is 1.95. The van der Waals surface area contributed by atoms with Crippen LogP contribution in [0.15, 0.2) is 45.6 Å². The lowest BCUT2D eigenvalue weighted by atomic mass is 10.1. The first kappa shape index (κ1) is 16.3. The fraction of sp³-hybridized carbons (Fsp3) is 0.190. The smallest absolute Gasteiger partial charge is 0.196 e. The Labute approximate surface area is 150 Å². The van der Waals surface area contributed by atoms with Crippen molar-refractivity contribution in [2.45, 2.75) is 12.8 Å². The van der Waals surface area contributed by atoms with E-state index in [1.165, 1.54) is 0 Å². The van der Waals surface area contributed by atoms with Gasteiger partial charge in [0.2, 0.25) is 0 Å². The predicted octanol–water partition coefficient (Wildman–Crippen LogP) is 3.88. The van der Waals surface area contributed by atoms with E-state index in [2.05, 4.69) is 0 Å². The van der Waals surface area contributed by atoms with Crippen LogP contribution in [0.1, 0.15) is 23.3 Å². The second-order valence-corrected chi connectivity index (χ2v) is 6.25. The monoisotopic (exact) mass is 349 g/mol. The topological polar surface area (TPSA) is 74.7 Å². The highest BCUT2D eigenvalue weighted by molar-refractivity contribution is 5.89. The van der Waals surface area contributed by atoms with Gasteiger partial charge in [-0.15, -0.1) is 0 Å². The molecule has 0 unspecified atom stereocenters. The summed E-state index contributed by atoms with van der Waals surface area (Å²) >= 11 is 0. The number of hydrogen-bond acceptors (Lipinski definition) is 5. The highest BCUT2D eigenvalue weighted by Crippen LogP contribution is 2.38. The van der Waals surface area contributed by atoms with Crippen molar-refractivity contribution in [3.8, 4) is 11.5 Å². The van der Waals surface area contributed by atoms with E-state index >= 15 is 0 Å². The molecule has 1 aromatic heterocycles. The first-order valence-corrected chi connectivity index (χ1v) is 8.39. The minimum Gasteiger partial charge on any atom is -0.493 e. The van der Waals surface area contributed by atoms with Crippen LogP contribution < -0.4 is 20.6 Å². The molecule has 1 aliphatic rings. The molecule has 4 rings (SSSR count). The molecule has 0 saturated heterocycles. The third kappa shape index (κ3) is 2.52. The van der Waals surface area contributed by atoms with Crippen molar-refractivity contribution in [1.29, 1.82) is 0 Å². The number of ether oxygens (including phenoxy) is 2. The molecule has 2 N–H and O–H groups in total. The van der Waals surface area contributed by atoms with E-state index in [9.17, 15) is 4.79 Å². The van der Waals surface area contributed by atoms with E-state index in [0.29, 0.717) is 40.3 Å². The highest BCUT2D eigenvalue weighted by Gasteiger charge is 2.24. The van der Waals surface area contributed by atoms with Gasteiger partial charge < -0.3 is 19.6 Å². The standard InChI is InChI=1S/C21H19NO4/c1-24-17-5-3-4-12(21(17)25-2)10-13-6-8-16-19(23)15-9-7-14(22)11-18(15)26-20(13)16/h3-5,7,9-11H,6,8,22H2,1-2H3/b13-10-. The Balaban J connectivity index is 1.90. The van der Waals surface area contributed by atoms with Crippen molar-refractivity contribution in [3.63, 3.8) is 0 Å². The summed E-state index contributed by atoms with van der Waals surface area (Å²) in [6, 6.07) is 10.8. The van der Waals surface area contributed by atoms with E-state index in [1.54, 1.807) is 32.4 Å². The van der Waals surface area contributed by atoms with Gasteiger partial charge in [-0.3, -0.25) is 4.79 Å². The van der Waals surface area contributed by atoms with Crippen molar-refractivity contribution in [3.05, 3.63) is 63.5 Å². The first-order valence-electron chi connectivity index (χ1n) is 8.39. The van der Waals surface area contributed by atoms with Gasteiger partial charge in [-0.05, 0) is 42.7 Å². The number of nitrogens with two attached hydrogens (primary N) is 1. The van der Waals surface area contributed by atoms with Crippen molar-refractivity contribution < 1.29 is 13.9 Å². The molecule has 2 aromatic carbocycles. The maximum atomic E-state index is 12.8. The van der Waals surface area contributed by atoms with E-state index in [4.69, 9.17) is 19.6 Å². The highest BCUT2D eigenvalue weighted by atomic mass is 16.5. The zero-order valence-electron chi connectivity index (χ0n) is 14.7. The van der Waals surface area contributed by atoms with Crippen LogP contribution in [-0.4, -0.2) is 14.2 Å². The van der Waals surface area contributed by atoms with Gasteiger partial charge in [0, 0.05) is 22.9 Å². The zero-order valence-corrected chi connectivity index (χ0v) is 14.7. The number of allylic oxidation sites excluding steroid dienone is 1. The van der Waals surface area contributed by atoms with Crippen LogP contribution in [-0.2, 0) is 6.42 Å². The summed E-state index contributed by atoms with van der Waals surface area (Å²) in [5, 5.41) is 0.568. The number of fused-ring (bicyclic) bond motifs is 2. The van der Waals surface area contributed by atoms with Gasteiger partial charge in [0.25, 0.3) is 0 Å². The minimum absolute atomic E-state index is 0.0160. The lowest BCUT2D eigenvalue weighted by Gasteiger charge is -2.11. The SMILES string of the molecule is COc1cccc(/C=C2/CCc3c2oc2cc(N)ccc2c3=O)c1OC. The van der Waals surface area contributed by atoms with Gasteiger partial charge in [0.1, 0.15) is 11.3 Å². The van der Waals surface area contributed by atoms with Crippen molar-refractivity contribution in [1.82, 2.24) is 0 Å². The van der Waals surface area contributed by atoms with Gasteiger partial charge >= 0.3 is 0 Å². The Morgan fingerprint density at radius 1 is 1.12 bits per heavy atom. The molecule has 0 bridgehead atoms. The average Bonchev–Trinajstić information content (AvgIpc) is 3.04. The van der Waals surface area contributed by atoms with Crippen LogP contribution in [0.25, 0.3) is 22.6 Å². The molecule has 5 heteroatoms. The first-order chi connectivity index (χ1) is 12.6. The molecule has 0 saturated carbocycles. The maximum Gasteiger partial charge on any atom is 0.196 e. The number of para-hydroxylation sites is 1. The summed E-state index contributed by atoms with van der Waals surface area (Å²) in [5.41, 5.74) is 9.50. The van der Waals surface area contributed by atoms with Gasteiger partial charge in [0.15, 0.2) is 16.9 Å². The van der Waals surface area contributed by atoms with Crippen molar-refractivity contribution >= 4 is 28.3 Å². The Bertz CT molecular complexity index is 1100. The normalized spacial score (nSPS) is 14.6. The summed E-state index contributed by atoms with van der Waals surface area (Å²) in [6.45, 7) is 0. The van der Waals surface area contributed by atoms with Gasteiger partial charge in [-0.25, -0.2) is 0 Å². The molecular weight excluding hydrogens is 330 g/mol. The molecular formula is C21H19NO4. The second kappa shape index (κ2) is 6.26. The van der Waals surface area contributed by atoms with Crippen LogP contribution in [0.3, 0.4) is 0 Å². The van der Waals surface area contributed by atoms with E-state index in [1.807, 2.05) is 24.3 Å². The molecule has 0 radical (unpaired) electrons. The summed E-state index contributed by atoms with van der Waals surface area (Å²) in [4.78, 5) is 12.8. The van der Waals surface area contributed by atoms with Crippen LogP contribution in [0.4, 0.5) is 5.69 Å². The molecule has 5 nitrogen and oxygen atoms in total. The lowest BCUT2D eigenvalue weighted by Crippen LogP contribution is -2.08. The fourth-order valence-electron chi connectivity index (χ4n) is 3.46. The fourth-order valence-corrected chi connectivity index (χ4v) is 3.46. The van der Waals surface area contributed by atoms with Crippen LogP contribution in [0.2, 0.25) is 0 Å². The quantitative estimate of drug-likeness (QED) is 0.726. The number of hydrogen-bond donors (Lipinski definition) is 1. The largest absolute Gasteiger partial charge is 0.493 e. The van der Waals surface area contributed by atoms with E-state index in [-0.39, 0.29) is 5.43 Å². The molecule has 0 aliphatic heterocycles. The van der Waals surface area contributed by atoms with Crippen molar-refractivity contribution in [2.75, 3.05) is 20.0 Å². The summed E-state index contributed by atoms with van der Waals surface area (Å²) < 4.78 is 16.9. The Morgan fingerprint density at radius 3 is 2.73 bits per heavy atom. The number of methoxy groups -OCH3 is 2. The summed E-state index contributed by atoms with van der Waals surface area (Å²) in [7, 11) is 3.22. The maximum absolute atomic E-state index is 12.8. The molecule has 132 valence electrons. The zero-order chi connectivity index (χ0) is 18.3. The number of rotatable bonds is 3. The molecule has 26 heavy (non-hydrogen) atoms. The molecule has 0 amide bonds. The Hall–Kier alpha value is -3.21. The van der Waals surface area contributed by atoms with Crippen LogP contribution in [0.5, 0.6) is 11.5 Å². The molecule has 1 aliphatic carbocycles. The van der Waals surface area contributed by atoms with E-state index in [0.717, 1.165) is 23.1 Å². The Kier molecular flexibility index (Phi) is 3.92. The van der Waals surface area contributed by atoms with Gasteiger partial charge in [-0.1, -0.05) is 12.1 Å². The predicted molar refractivity (Wildman–Crippen MR) is 103 cm³/mol. The van der Waals surface area contributed by atoms with Gasteiger partial charge in [0.05, 0.1) is 19.6 Å². The Morgan fingerprint density at radius 2 is 1.96 bits per heavy atom. The minimum atomic E-state index is 0.0160. The molecule has 0 fully saturated rings. The van der Waals surface area contributed by atoms with E-state index < -0.39 is 0 Å². The number of anilines is 1. The third-order valence-corrected chi connectivity index (χ3v) is 4.71.